The van der Waals surface area contributed by atoms with Gasteiger partial charge >= 0.3 is 12.0 Å². The zero-order chi connectivity index (χ0) is 13.0. The van der Waals surface area contributed by atoms with Crippen LogP contribution < -0.4 is 0 Å². The fraction of sp³-hybridized carbons (Fsp3) is 0.833. The predicted molar refractivity (Wildman–Crippen MR) is 70.9 cm³/mol. The number of nitrogens with zero attached hydrogens (tertiary/aromatic N) is 2. The number of carbonyl (C=O) groups is 2. The summed E-state index contributed by atoms with van der Waals surface area (Å²) in [7, 11) is 0. The Kier molecular flexibility index (Phi) is 4.74. The smallest absolute Gasteiger partial charge is 0.326 e. The maximum Gasteiger partial charge on any atom is 0.326 e. The van der Waals surface area contributed by atoms with E-state index in [1.54, 1.807) is 9.80 Å². The third-order valence-corrected chi connectivity index (χ3v) is 4.51. The highest BCUT2D eigenvalue weighted by Gasteiger charge is 2.33. The summed E-state index contributed by atoms with van der Waals surface area (Å²) in [4.78, 5) is 27.1. The highest BCUT2D eigenvalue weighted by atomic mass is 32.2. The number of carboxylic acids is 1. The molecule has 0 saturated carbocycles. The molecule has 2 rings (SSSR count). The number of carbonyl (C=O) groups excluding carboxylic acids is 1. The van der Waals surface area contributed by atoms with Gasteiger partial charge in [-0.05, 0) is 12.8 Å². The first kappa shape index (κ1) is 13.5. The molecule has 2 amide bonds. The molecule has 102 valence electrons. The Morgan fingerprint density at radius 1 is 1.06 bits per heavy atom. The molecule has 1 unspecified atom stereocenters. The van der Waals surface area contributed by atoms with Gasteiger partial charge in [0.1, 0.15) is 6.04 Å². The number of aliphatic carboxylic acids is 1. The minimum absolute atomic E-state index is 0.0791. The number of hydrogen-bond donors (Lipinski definition) is 1. The first-order chi connectivity index (χ1) is 8.70. The van der Waals surface area contributed by atoms with E-state index < -0.39 is 12.0 Å². The van der Waals surface area contributed by atoms with Crippen LogP contribution in [0.1, 0.15) is 25.7 Å². The summed E-state index contributed by atoms with van der Waals surface area (Å²) in [6, 6.07) is -0.709. The van der Waals surface area contributed by atoms with Crippen molar-refractivity contribution in [3.63, 3.8) is 0 Å². The van der Waals surface area contributed by atoms with Gasteiger partial charge in [-0.15, -0.1) is 0 Å². The van der Waals surface area contributed by atoms with Gasteiger partial charge in [0.05, 0.1) is 0 Å². The molecule has 0 aliphatic carbocycles. The number of carboxylic acid groups (broad SMARTS) is 1. The van der Waals surface area contributed by atoms with Crippen molar-refractivity contribution in [3.8, 4) is 0 Å². The Bertz CT molecular complexity index is 318. The first-order valence-electron chi connectivity index (χ1n) is 6.56. The van der Waals surface area contributed by atoms with Gasteiger partial charge in [-0.2, -0.15) is 11.8 Å². The molecule has 0 aromatic carbocycles. The van der Waals surface area contributed by atoms with E-state index in [1.165, 1.54) is 0 Å². The molecule has 2 heterocycles. The third kappa shape index (κ3) is 3.10. The van der Waals surface area contributed by atoms with Gasteiger partial charge in [0, 0.05) is 31.1 Å². The third-order valence-electron chi connectivity index (χ3n) is 3.57. The van der Waals surface area contributed by atoms with Crippen LogP contribution in [0.15, 0.2) is 0 Å². The summed E-state index contributed by atoms with van der Waals surface area (Å²) in [5.41, 5.74) is 0. The Balaban J connectivity index is 2.06. The van der Waals surface area contributed by atoms with Crippen LogP contribution in [0.25, 0.3) is 0 Å². The molecule has 6 heteroatoms. The minimum atomic E-state index is -0.864. The van der Waals surface area contributed by atoms with Gasteiger partial charge in [0.2, 0.25) is 0 Å². The van der Waals surface area contributed by atoms with Crippen LogP contribution in [-0.2, 0) is 4.79 Å². The van der Waals surface area contributed by atoms with Crippen molar-refractivity contribution < 1.29 is 14.7 Å². The lowest BCUT2D eigenvalue weighted by molar-refractivity contribution is -0.142. The van der Waals surface area contributed by atoms with E-state index in [2.05, 4.69) is 0 Å². The lowest BCUT2D eigenvalue weighted by Crippen LogP contribution is -2.52. The molecule has 0 radical (unpaired) electrons. The standard InChI is InChI=1S/C12H20N2O3S/c15-11(16)10-4-2-1-3-5-14(10)12(17)13-6-8-18-9-7-13/h10H,1-9H2,(H,15,16). The minimum Gasteiger partial charge on any atom is -0.480 e. The second-order valence-electron chi connectivity index (χ2n) is 4.78. The molecular formula is C12H20N2O3S. The van der Waals surface area contributed by atoms with Crippen LogP contribution >= 0.6 is 11.8 Å². The number of rotatable bonds is 1. The SMILES string of the molecule is O=C(O)C1CCCCCN1C(=O)N1CCSCC1. The van der Waals surface area contributed by atoms with Crippen molar-refractivity contribution >= 4 is 23.8 Å². The molecule has 18 heavy (non-hydrogen) atoms. The average Bonchev–Trinajstić information content (AvgIpc) is 2.64. The zero-order valence-electron chi connectivity index (χ0n) is 10.5. The van der Waals surface area contributed by atoms with Crippen molar-refractivity contribution in [2.24, 2.45) is 0 Å². The summed E-state index contributed by atoms with van der Waals surface area (Å²) >= 11 is 1.85. The van der Waals surface area contributed by atoms with E-state index in [-0.39, 0.29) is 6.03 Å². The van der Waals surface area contributed by atoms with E-state index in [0.29, 0.717) is 13.0 Å². The summed E-state index contributed by atoms with van der Waals surface area (Å²) in [5, 5.41) is 9.26. The van der Waals surface area contributed by atoms with Crippen molar-refractivity contribution in [2.45, 2.75) is 31.7 Å². The van der Waals surface area contributed by atoms with Crippen molar-refractivity contribution in [1.82, 2.24) is 9.80 Å². The largest absolute Gasteiger partial charge is 0.480 e. The van der Waals surface area contributed by atoms with Gasteiger partial charge in [-0.3, -0.25) is 0 Å². The van der Waals surface area contributed by atoms with Crippen molar-refractivity contribution in [2.75, 3.05) is 31.1 Å². The first-order valence-corrected chi connectivity index (χ1v) is 7.71. The molecule has 1 N–H and O–H groups in total. The Labute approximate surface area is 112 Å². The van der Waals surface area contributed by atoms with Crippen LogP contribution in [0.2, 0.25) is 0 Å². The number of amides is 2. The molecule has 0 bridgehead atoms. The Hall–Kier alpha value is -0.910. The monoisotopic (exact) mass is 272 g/mol. The highest BCUT2D eigenvalue weighted by molar-refractivity contribution is 7.99. The van der Waals surface area contributed by atoms with E-state index in [9.17, 15) is 14.7 Å². The molecule has 5 nitrogen and oxygen atoms in total. The van der Waals surface area contributed by atoms with E-state index in [0.717, 1.165) is 43.9 Å². The molecule has 0 spiro atoms. The number of likely N-dealkylation sites (tertiary alicyclic amines) is 1. The highest BCUT2D eigenvalue weighted by Crippen LogP contribution is 2.20. The Morgan fingerprint density at radius 2 is 1.78 bits per heavy atom. The lowest BCUT2D eigenvalue weighted by Gasteiger charge is -2.34. The molecule has 2 saturated heterocycles. The maximum atomic E-state index is 12.4. The van der Waals surface area contributed by atoms with Gasteiger partial charge in [-0.25, -0.2) is 9.59 Å². The van der Waals surface area contributed by atoms with Crippen LogP contribution in [0.4, 0.5) is 4.79 Å². The number of hydrogen-bond acceptors (Lipinski definition) is 3. The van der Waals surface area contributed by atoms with Crippen LogP contribution in [0.3, 0.4) is 0 Å². The summed E-state index contributed by atoms with van der Waals surface area (Å²) in [5.74, 6) is 1.05. The summed E-state index contributed by atoms with van der Waals surface area (Å²) < 4.78 is 0. The molecule has 2 fully saturated rings. The molecule has 0 aromatic heterocycles. The molecule has 0 aromatic rings. The lowest BCUT2D eigenvalue weighted by atomic mass is 10.1. The average molecular weight is 272 g/mol. The van der Waals surface area contributed by atoms with Crippen LogP contribution in [-0.4, -0.2) is 64.1 Å². The fourth-order valence-electron chi connectivity index (χ4n) is 2.53. The summed E-state index contributed by atoms with van der Waals surface area (Å²) in [6.45, 7) is 2.07. The Morgan fingerprint density at radius 3 is 2.44 bits per heavy atom. The molecule has 2 aliphatic rings. The van der Waals surface area contributed by atoms with Gasteiger partial charge in [-0.1, -0.05) is 12.8 Å². The van der Waals surface area contributed by atoms with Crippen molar-refractivity contribution in [3.05, 3.63) is 0 Å². The second kappa shape index (κ2) is 6.31. The number of thioether (sulfide) groups is 1. The zero-order valence-corrected chi connectivity index (χ0v) is 11.3. The van der Waals surface area contributed by atoms with E-state index >= 15 is 0 Å². The quantitative estimate of drug-likeness (QED) is 0.785. The topological polar surface area (TPSA) is 60.9 Å². The predicted octanol–water partition coefficient (Wildman–Crippen LogP) is 1.48. The fourth-order valence-corrected chi connectivity index (χ4v) is 3.43. The van der Waals surface area contributed by atoms with Gasteiger partial charge in [0.25, 0.3) is 0 Å². The normalized spacial score (nSPS) is 25.7. The van der Waals surface area contributed by atoms with Gasteiger partial charge in [0.15, 0.2) is 0 Å². The van der Waals surface area contributed by atoms with Gasteiger partial charge < -0.3 is 14.9 Å². The van der Waals surface area contributed by atoms with Crippen molar-refractivity contribution in [1.29, 1.82) is 0 Å². The summed E-state index contributed by atoms with van der Waals surface area (Å²) in [6.07, 6.45) is 3.42. The second-order valence-corrected chi connectivity index (χ2v) is 6.00. The van der Waals surface area contributed by atoms with Crippen LogP contribution in [0, 0.1) is 0 Å². The van der Waals surface area contributed by atoms with Crippen LogP contribution in [0.5, 0.6) is 0 Å². The van der Waals surface area contributed by atoms with E-state index in [1.807, 2.05) is 11.8 Å². The molecule has 1 atom stereocenters. The molecule has 2 aliphatic heterocycles. The maximum absolute atomic E-state index is 12.4. The molecular weight excluding hydrogens is 252 g/mol. The van der Waals surface area contributed by atoms with E-state index in [4.69, 9.17) is 0 Å². The number of urea groups is 1.